The quantitative estimate of drug-likeness (QED) is 0.563. The molecule has 0 N–H and O–H groups in total. The second-order valence-electron chi connectivity index (χ2n) is 3.74. The van der Waals surface area contributed by atoms with Gasteiger partial charge in [0, 0.05) is 10.2 Å². The number of hydrogen-bond acceptors (Lipinski definition) is 1. The minimum atomic E-state index is 0.0967. The van der Waals surface area contributed by atoms with Crippen LogP contribution in [0.3, 0.4) is 0 Å². The van der Waals surface area contributed by atoms with E-state index >= 15 is 0 Å². The Balaban J connectivity index is 3.74. The lowest BCUT2D eigenvalue weighted by Crippen LogP contribution is -2.37. The molecule has 68 valence electrons. The van der Waals surface area contributed by atoms with Crippen LogP contribution in [-0.2, 0) is 0 Å². The van der Waals surface area contributed by atoms with Crippen molar-refractivity contribution in [2.24, 2.45) is 0 Å². The summed E-state index contributed by atoms with van der Waals surface area (Å²) >= 11 is 0. The van der Waals surface area contributed by atoms with Gasteiger partial charge in [-0.05, 0) is 19.0 Å². The van der Waals surface area contributed by atoms with Crippen LogP contribution in [0.4, 0.5) is 0 Å². The van der Waals surface area contributed by atoms with E-state index in [1.807, 2.05) is 0 Å². The lowest BCUT2D eigenvalue weighted by atomic mass is 10.3. The molecule has 0 aliphatic rings. The molecule has 1 nitrogen and oxygen atoms in total. The summed E-state index contributed by atoms with van der Waals surface area (Å²) in [6.45, 7) is 10.6. The first kappa shape index (κ1) is 11.4. The maximum absolute atomic E-state index is 2.72. The molecule has 0 aromatic heterocycles. The summed E-state index contributed by atoms with van der Waals surface area (Å²) in [5.41, 5.74) is 0. The molecule has 0 spiro atoms. The van der Waals surface area contributed by atoms with Crippen LogP contribution in [-0.4, -0.2) is 37.1 Å². The maximum Gasteiger partial charge on any atom is 0.0947 e. The van der Waals surface area contributed by atoms with Gasteiger partial charge in [-0.3, -0.25) is 0 Å². The van der Waals surface area contributed by atoms with Gasteiger partial charge in [-0.25, -0.2) is 0 Å². The predicted octanol–water partition coefficient (Wildman–Crippen LogP) is 0.322. The van der Waals surface area contributed by atoms with Gasteiger partial charge in [0.25, 0.3) is 0 Å². The summed E-state index contributed by atoms with van der Waals surface area (Å²) in [4.78, 5) is 0. The number of hydrogen-bond donors (Lipinski definition) is 0. The summed E-state index contributed by atoms with van der Waals surface area (Å²) in [6.07, 6.45) is 1.31. The highest BCUT2D eigenvalue weighted by molar-refractivity contribution is 6.47. The normalized spacial score (nSPS) is 18.3. The van der Waals surface area contributed by atoms with Gasteiger partial charge < -0.3 is 4.57 Å². The van der Waals surface area contributed by atoms with E-state index in [1.54, 1.807) is 0 Å². The van der Waals surface area contributed by atoms with Crippen molar-refractivity contribution in [3.8, 4) is 0 Å². The molecule has 2 atom stereocenters. The minimum Gasteiger partial charge on any atom is -0.327 e. The zero-order valence-corrected chi connectivity index (χ0v) is 12.1. The third-order valence-electron chi connectivity index (χ3n) is 2.22. The van der Waals surface area contributed by atoms with Crippen LogP contribution in [0.1, 0.15) is 34.1 Å². The first-order valence-corrected chi connectivity index (χ1v) is 7.46. The summed E-state index contributed by atoms with van der Waals surface area (Å²) in [5, 5.41) is 1.07. The molecular weight excluding hydrogens is 166 g/mol. The van der Waals surface area contributed by atoms with Crippen LogP contribution in [0.2, 0.25) is 5.16 Å². The fourth-order valence-electron chi connectivity index (χ4n) is 1.35. The van der Waals surface area contributed by atoms with Gasteiger partial charge in [0.2, 0.25) is 0 Å². The van der Waals surface area contributed by atoms with E-state index < -0.39 is 0 Å². The zero-order valence-electron chi connectivity index (χ0n) is 8.72. The molecular formula is C8H23NSi2. The Hall–Kier alpha value is 0.394. The highest BCUT2D eigenvalue weighted by Gasteiger charge is 2.10. The van der Waals surface area contributed by atoms with Gasteiger partial charge in [0.05, 0.1) is 9.68 Å². The van der Waals surface area contributed by atoms with Crippen molar-refractivity contribution in [1.82, 2.24) is 4.57 Å². The van der Waals surface area contributed by atoms with Crippen molar-refractivity contribution in [3.05, 3.63) is 0 Å². The molecule has 0 aromatic rings. The first-order chi connectivity index (χ1) is 5.11. The smallest absolute Gasteiger partial charge is 0.0947 e. The Labute approximate surface area is 76.9 Å². The fourth-order valence-corrected chi connectivity index (χ4v) is 4.57. The highest BCUT2D eigenvalue weighted by atomic mass is 28.3. The molecule has 0 bridgehead atoms. The van der Waals surface area contributed by atoms with Gasteiger partial charge in [-0.2, -0.15) is 0 Å². The molecule has 0 radical (unpaired) electrons. The molecule has 3 heteroatoms. The van der Waals surface area contributed by atoms with Crippen LogP contribution < -0.4 is 0 Å². The molecule has 0 saturated carbocycles. The van der Waals surface area contributed by atoms with Crippen molar-refractivity contribution in [3.63, 3.8) is 0 Å². The van der Waals surface area contributed by atoms with Crippen molar-refractivity contribution in [2.45, 2.75) is 45.3 Å². The van der Waals surface area contributed by atoms with Crippen LogP contribution in [0.25, 0.3) is 0 Å². The molecule has 0 rings (SSSR count). The molecule has 0 aliphatic carbocycles. The van der Waals surface area contributed by atoms with Crippen LogP contribution >= 0.6 is 0 Å². The average molecular weight is 189 g/mol. The Morgan fingerprint density at radius 3 is 2.18 bits per heavy atom. The molecule has 0 aromatic carbocycles. The molecule has 0 saturated heterocycles. The Morgan fingerprint density at radius 2 is 1.91 bits per heavy atom. The molecule has 0 aliphatic heterocycles. The maximum atomic E-state index is 2.72. The minimum absolute atomic E-state index is 0.0967. The molecule has 11 heavy (non-hydrogen) atoms. The number of rotatable bonds is 5. The average Bonchev–Trinajstić information content (AvgIpc) is 1.98. The summed E-state index contributed by atoms with van der Waals surface area (Å²) in [6, 6.07) is 0.836. The van der Waals surface area contributed by atoms with E-state index in [9.17, 15) is 0 Å². The zero-order chi connectivity index (χ0) is 8.85. The fraction of sp³-hybridized carbons (Fsp3) is 1.00. The summed E-state index contributed by atoms with van der Waals surface area (Å²) in [5.74, 6) is 0. The van der Waals surface area contributed by atoms with Gasteiger partial charge in [0.15, 0.2) is 0 Å². The van der Waals surface area contributed by atoms with Crippen molar-refractivity contribution >= 4 is 19.9 Å². The number of nitrogens with zero attached hydrogens (tertiary/aromatic N) is 1. The van der Waals surface area contributed by atoms with E-state index in [1.165, 1.54) is 23.2 Å². The highest BCUT2D eigenvalue weighted by Crippen LogP contribution is 2.05. The predicted molar refractivity (Wildman–Crippen MR) is 60.0 cm³/mol. The molecule has 0 heterocycles. The van der Waals surface area contributed by atoms with Gasteiger partial charge >= 0.3 is 0 Å². The Bertz CT molecular complexity index is 96.1. The third-order valence-corrected chi connectivity index (χ3v) is 5.59. The SMILES string of the molecule is CCC(C)N(CC)[SiH2]C(C)[SiH3]. The molecule has 2 unspecified atom stereocenters. The second-order valence-corrected chi connectivity index (χ2v) is 10.2. The van der Waals surface area contributed by atoms with E-state index in [0.717, 1.165) is 11.2 Å². The molecule has 0 amide bonds. The monoisotopic (exact) mass is 189 g/mol. The third kappa shape index (κ3) is 4.77. The van der Waals surface area contributed by atoms with Crippen molar-refractivity contribution in [1.29, 1.82) is 0 Å². The lowest BCUT2D eigenvalue weighted by molar-refractivity contribution is 0.355. The molecule has 0 fully saturated rings. The Morgan fingerprint density at radius 1 is 1.36 bits per heavy atom. The van der Waals surface area contributed by atoms with Crippen molar-refractivity contribution in [2.75, 3.05) is 6.54 Å². The first-order valence-electron chi connectivity index (χ1n) is 4.85. The van der Waals surface area contributed by atoms with E-state index in [4.69, 9.17) is 0 Å². The van der Waals surface area contributed by atoms with E-state index in [-0.39, 0.29) is 9.68 Å². The second kappa shape index (κ2) is 5.97. The van der Waals surface area contributed by atoms with Crippen molar-refractivity contribution < 1.29 is 0 Å². The van der Waals surface area contributed by atoms with Gasteiger partial charge in [-0.1, -0.05) is 32.9 Å². The lowest BCUT2D eigenvalue weighted by Gasteiger charge is -2.28. The van der Waals surface area contributed by atoms with Crippen LogP contribution in [0.5, 0.6) is 0 Å². The standard InChI is InChI=1S/C8H23NSi2/c1-5-7(3)9(6-2)11-8(4)10/h7-8H,5-6,11H2,1-4,10H3. The van der Waals surface area contributed by atoms with E-state index in [2.05, 4.69) is 32.3 Å². The van der Waals surface area contributed by atoms with Gasteiger partial charge in [-0.15, -0.1) is 0 Å². The topological polar surface area (TPSA) is 3.24 Å². The van der Waals surface area contributed by atoms with Crippen LogP contribution in [0, 0.1) is 0 Å². The van der Waals surface area contributed by atoms with Crippen LogP contribution in [0.15, 0.2) is 0 Å². The summed E-state index contributed by atoms with van der Waals surface area (Å²) in [7, 11) is 1.49. The Kier molecular flexibility index (Phi) is 6.18. The largest absolute Gasteiger partial charge is 0.327 e. The van der Waals surface area contributed by atoms with Gasteiger partial charge in [0.1, 0.15) is 0 Å². The summed E-state index contributed by atoms with van der Waals surface area (Å²) < 4.78 is 2.72. The van der Waals surface area contributed by atoms with E-state index in [0.29, 0.717) is 0 Å².